The number of hydrogen-bond donors (Lipinski definition) is 15. The molecule has 1 aromatic carbocycles. The third-order valence-electron chi connectivity index (χ3n) is 24.4. The molecule has 1 aromatic rings. The lowest BCUT2D eigenvalue weighted by atomic mass is 9.33. The van der Waals surface area contributed by atoms with Crippen LogP contribution in [0.15, 0.2) is 42.0 Å². The lowest BCUT2D eigenvalue weighted by Crippen LogP contribution is -2.71. The Morgan fingerprint density at radius 2 is 1.16 bits per heavy atom. The quantitative estimate of drug-likeness (QED) is 0.0362. The topological polar surface area (TPSA) is 465 Å². The van der Waals surface area contributed by atoms with E-state index >= 15 is 4.79 Å². The normalized spacial score (nSPS) is 49.4. The van der Waals surface area contributed by atoms with Gasteiger partial charge in [-0.3, -0.25) is 9.59 Å². The van der Waals surface area contributed by atoms with E-state index in [0.717, 1.165) is 11.6 Å². The van der Waals surface area contributed by atoms with Gasteiger partial charge in [-0.2, -0.15) is 0 Å². The third kappa shape index (κ3) is 13.0. The molecule has 10 aliphatic rings. The number of esters is 2. The van der Waals surface area contributed by atoms with Crippen LogP contribution in [0.4, 0.5) is 0 Å². The van der Waals surface area contributed by atoms with E-state index in [-0.39, 0.29) is 50.0 Å². The Hall–Kier alpha value is -4.01. The summed E-state index contributed by atoms with van der Waals surface area (Å²) >= 11 is 0. The fourth-order valence-corrected chi connectivity index (χ4v) is 18.8. The smallest absolute Gasteiger partial charge is 0.331 e. The van der Waals surface area contributed by atoms with Gasteiger partial charge in [-0.15, -0.1) is 0 Å². The van der Waals surface area contributed by atoms with Crippen LogP contribution in [0.2, 0.25) is 0 Å². The molecule has 5 aliphatic heterocycles. The fourth-order valence-electron chi connectivity index (χ4n) is 18.8. The molecule has 0 bridgehead atoms. The molecule has 0 amide bonds. The number of carbonyl (C=O) groups excluding carboxylic acids is 2. The number of rotatable bonds is 17. The van der Waals surface area contributed by atoms with E-state index in [0.29, 0.717) is 37.0 Å². The van der Waals surface area contributed by atoms with Crippen molar-refractivity contribution in [1.82, 2.24) is 0 Å². The standard InChI is InChI=1S/C68H100O30/c1-29-51(93-41(74)16-11-31-9-12-32(87-8)13-10-31)49(82)54(96-59-50(83)53(95-57-47(80)43(76)37(73)27-89-57)52(30(2)90-59)94-56-46(79)42(75)36(72)26-88-56)60(91-29)98-62(86)67-20-19-63(3,4)23-34(67)33-14-15-39-64(5)24-35(71)55(97-58-48(81)45(78)44(77)38(25-69)92-58)66(7,61(84)85)40(64)17-18-65(39,6)68(33,28-70)22-21-67/h9-14,16,29-30,34-40,42-60,69-73,75-83H,15,17-28H2,1-8H3,(H,84,85)/b16-11-/t29-,30+,34+,35+,36-,37+,38-,39-,40-,42+,43+,44-,45+,46-,47-,48-,49+,50-,51+,52+,53+,54-,55+,56+,57+,58+,59+,60+,64-,65-,66+,67+,68+/m1/s1. The first kappa shape index (κ1) is 75.2. The Morgan fingerprint density at radius 3 is 1.78 bits per heavy atom. The van der Waals surface area contributed by atoms with E-state index in [1.165, 1.54) is 34.0 Å². The maximum absolute atomic E-state index is 16.0. The van der Waals surface area contributed by atoms with Crippen LogP contribution in [-0.4, -0.2) is 282 Å². The minimum absolute atomic E-state index is 0.00304. The monoisotopic (exact) mass is 1400 g/mol. The van der Waals surface area contributed by atoms with Crippen molar-refractivity contribution >= 4 is 24.0 Å². The van der Waals surface area contributed by atoms with Crippen molar-refractivity contribution in [2.45, 2.75) is 260 Å². The molecule has 33 atom stereocenters. The first-order valence-electron chi connectivity index (χ1n) is 34.0. The highest BCUT2D eigenvalue weighted by molar-refractivity contribution is 5.87. The molecule has 5 aliphatic carbocycles. The van der Waals surface area contributed by atoms with Crippen molar-refractivity contribution in [3.8, 4) is 5.75 Å². The molecule has 15 N–H and O–H groups in total. The largest absolute Gasteiger partial charge is 0.497 e. The second kappa shape index (κ2) is 28.6. The van der Waals surface area contributed by atoms with Crippen LogP contribution in [0.5, 0.6) is 5.75 Å². The molecule has 0 spiro atoms. The van der Waals surface area contributed by atoms with Gasteiger partial charge in [0.1, 0.15) is 97.3 Å². The molecule has 5 heterocycles. The van der Waals surface area contributed by atoms with Crippen molar-refractivity contribution in [2.75, 3.05) is 33.5 Å². The maximum atomic E-state index is 16.0. The van der Waals surface area contributed by atoms with Crippen LogP contribution in [0.1, 0.15) is 112 Å². The lowest BCUT2D eigenvalue weighted by Gasteiger charge is -2.71. The number of carbonyl (C=O) groups is 3. The van der Waals surface area contributed by atoms with E-state index in [9.17, 15) is 86.2 Å². The summed E-state index contributed by atoms with van der Waals surface area (Å²) in [6, 6.07) is 6.74. The van der Waals surface area contributed by atoms with E-state index in [4.69, 9.17) is 56.8 Å². The zero-order valence-corrected chi connectivity index (χ0v) is 56.2. The van der Waals surface area contributed by atoms with Gasteiger partial charge >= 0.3 is 17.9 Å². The summed E-state index contributed by atoms with van der Waals surface area (Å²) in [6.45, 7) is 10.4. The number of fused-ring (bicyclic) bond motifs is 7. The summed E-state index contributed by atoms with van der Waals surface area (Å²) in [5.41, 5.74) is -4.97. The van der Waals surface area contributed by atoms with Gasteiger partial charge in [-0.1, -0.05) is 51.5 Å². The zero-order valence-electron chi connectivity index (χ0n) is 56.2. The number of aliphatic hydroxyl groups excluding tert-OH is 14. The summed E-state index contributed by atoms with van der Waals surface area (Å²) < 4.78 is 72.3. The summed E-state index contributed by atoms with van der Waals surface area (Å²) in [4.78, 5) is 43.7. The Labute approximate surface area is 566 Å². The summed E-state index contributed by atoms with van der Waals surface area (Å²) in [6.07, 6.45) is -35.4. The average molecular weight is 1400 g/mol. The number of carboxylic acid groups (broad SMARTS) is 1. The van der Waals surface area contributed by atoms with E-state index in [1.54, 1.807) is 24.3 Å². The summed E-state index contributed by atoms with van der Waals surface area (Å²) in [5.74, 6) is -4.13. The Bertz CT molecular complexity index is 3040. The van der Waals surface area contributed by atoms with Crippen molar-refractivity contribution in [1.29, 1.82) is 0 Å². The minimum atomic E-state index is -2.08. The molecule has 4 saturated carbocycles. The van der Waals surface area contributed by atoms with Crippen LogP contribution >= 0.6 is 0 Å². The number of carboxylic acids is 1. The van der Waals surface area contributed by atoms with Gasteiger partial charge in [0, 0.05) is 11.5 Å². The van der Waals surface area contributed by atoms with Crippen LogP contribution in [0.25, 0.3) is 6.08 Å². The van der Waals surface area contributed by atoms with Crippen molar-refractivity contribution < 1.29 is 148 Å². The highest BCUT2D eigenvalue weighted by Gasteiger charge is 2.74. The first-order valence-corrected chi connectivity index (χ1v) is 34.0. The molecule has 11 rings (SSSR count). The number of hydrogen-bond acceptors (Lipinski definition) is 29. The average Bonchev–Trinajstić information content (AvgIpc) is 0.670. The van der Waals surface area contributed by atoms with Crippen molar-refractivity contribution in [3.63, 3.8) is 0 Å². The van der Waals surface area contributed by atoms with Gasteiger partial charge in [0.2, 0.25) is 6.29 Å². The van der Waals surface area contributed by atoms with Crippen LogP contribution in [-0.2, 0) is 66.5 Å². The van der Waals surface area contributed by atoms with Gasteiger partial charge in [0.15, 0.2) is 37.4 Å². The lowest BCUT2D eigenvalue weighted by molar-refractivity contribution is -0.390. The fraction of sp³-hybridized carbons (Fsp3) is 0.809. The van der Waals surface area contributed by atoms with Crippen LogP contribution < -0.4 is 4.74 Å². The number of aliphatic hydroxyl groups is 14. The Balaban J connectivity index is 0.904. The van der Waals surface area contributed by atoms with E-state index < -0.39 is 230 Å². The van der Waals surface area contributed by atoms with Crippen LogP contribution in [0.3, 0.4) is 0 Å². The first-order chi connectivity index (χ1) is 46.1. The highest BCUT2D eigenvalue weighted by atomic mass is 16.8. The summed E-state index contributed by atoms with van der Waals surface area (Å²) in [7, 11) is 1.50. The van der Waals surface area contributed by atoms with Gasteiger partial charge in [-0.05, 0) is 136 Å². The van der Waals surface area contributed by atoms with Gasteiger partial charge in [0.25, 0.3) is 0 Å². The SMILES string of the molecule is COc1ccc(/C=C\C(=O)O[C@@H]2[C@H](O)[C@@H](O[C@@H]3O[C@@H](C)[C@H](O[C@@H]4OC[C@@H](O)[C@H](O)[C@H]4O)[C@@H](O[C@@H]4OC[C@H](O)[C@H](O)[C@H]4O)[C@H]3O)[C@H](OC(=O)[C@]34CCC(C)(C)C[C@H]3C3=CC[C@@H]5[C@@]6(C)C[C@H](O)[C@H](O[C@@H]7O[C@H](CO)[C@@H](O)[C@H](O)[C@H]7O)[C@@](C)(C(=O)O)[C@@H]6CC[C@@]5(C)[C@]3(CO)CC4)O[C@@H]2C)cc1. The number of methoxy groups -OCH3 is 1. The molecule has 30 nitrogen and oxygen atoms in total. The highest BCUT2D eigenvalue weighted by Crippen LogP contribution is 2.76. The molecule has 30 heteroatoms. The summed E-state index contributed by atoms with van der Waals surface area (Å²) in [5, 5.41) is 167. The van der Waals surface area contributed by atoms with Gasteiger partial charge < -0.3 is 133 Å². The molecule has 0 aromatic heterocycles. The third-order valence-corrected chi connectivity index (χ3v) is 24.4. The molecule has 9 fully saturated rings. The number of benzene rings is 1. The van der Waals surface area contributed by atoms with Crippen molar-refractivity contribution in [3.05, 3.63) is 47.6 Å². The van der Waals surface area contributed by atoms with Crippen molar-refractivity contribution in [2.24, 2.45) is 50.2 Å². The maximum Gasteiger partial charge on any atom is 0.331 e. The molecule has 0 radical (unpaired) electrons. The zero-order chi connectivity index (χ0) is 71.3. The minimum Gasteiger partial charge on any atom is -0.497 e. The second-order valence-electron chi connectivity index (χ2n) is 30.5. The Morgan fingerprint density at radius 1 is 0.582 bits per heavy atom. The van der Waals surface area contributed by atoms with E-state index in [2.05, 4.69) is 26.8 Å². The van der Waals surface area contributed by atoms with Gasteiger partial charge in [0.05, 0.1) is 62.7 Å². The predicted octanol–water partition coefficient (Wildman–Crippen LogP) is -1.60. The number of ether oxygens (including phenoxy) is 12. The molecule has 5 saturated heterocycles. The predicted molar refractivity (Wildman–Crippen MR) is 331 cm³/mol. The molecular formula is C68H100O30. The Kier molecular flexibility index (Phi) is 21.9. The molecule has 0 unspecified atom stereocenters. The second-order valence-corrected chi connectivity index (χ2v) is 30.5. The number of aliphatic carboxylic acids is 1. The van der Waals surface area contributed by atoms with Crippen LogP contribution in [0, 0.1) is 50.2 Å². The molecule has 98 heavy (non-hydrogen) atoms. The van der Waals surface area contributed by atoms with Gasteiger partial charge in [-0.25, -0.2) is 4.79 Å². The molecule has 552 valence electrons. The molecular weight excluding hydrogens is 1300 g/mol. The van der Waals surface area contributed by atoms with E-state index in [1.807, 2.05) is 6.92 Å². The number of allylic oxidation sites excluding steroid dienone is 1.